The van der Waals surface area contributed by atoms with E-state index >= 15 is 0 Å². The van der Waals surface area contributed by atoms with Crippen LogP contribution in [0.3, 0.4) is 0 Å². The molecule has 0 saturated carbocycles. The van der Waals surface area contributed by atoms with Crippen molar-refractivity contribution in [2.45, 2.75) is 13.8 Å². The van der Waals surface area contributed by atoms with Gasteiger partial charge in [0, 0.05) is 0 Å². The number of hydrogen-bond acceptors (Lipinski definition) is 1. The van der Waals surface area contributed by atoms with Crippen LogP contribution < -0.4 is 4.74 Å². The van der Waals surface area contributed by atoms with Crippen LogP contribution in [0, 0.1) is 11.7 Å². The minimum absolute atomic E-state index is 0.291. The number of rotatable bonds is 3. The third kappa shape index (κ3) is 2.99. The largest absolute Gasteiger partial charge is 0.492 e. The monoisotopic (exact) mass is 246 g/mol. The summed E-state index contributed by atoms with van der Waals surface area (Å²) in [6, 6.07) is 4.78. The summed E-state index contributed by atoms with van der Waals surface area (Å²) >= 11 is 3.13. The first-order chi connectivity index (χ1) is 6.11. The van der Waals surface area contributed by atoms with Crippen LogP contribution in [0.5, 0.6) is 5.75 Å². The molecule has 0 aliphatic carbocycles. The lowest BCUT2D eigenvalue weighted by Crippen LogP contribution is -2.05. The summed E-state index contributed by atoms with van der Waals surface area (Å²) in [4.78, 5) is 0. The molecule has 0 atom stereocenters. The van der Waals surface area contributed by atoms with Gasteiger partial charge in [-0.1, -0.05) is 19.9 Å². The second kappa shape index (κ2) is 4.61. The Labute approximate surface area is 86.0 Å². The number of hydrogen-bond donors (Lipinski definition) is 0. The van der Waals surface area contributed by atoms with Crippen LogP contribution >= 0.6 is 15.9 Å². The van der Waals surface area contributed by atoms with E-state index in [1.165, 1.54) is 6.07 Å². The Hall–Kier alpha value is -0.570. The molecule has 1 aromatic carbocycles. The van der Waals surface area contributed by atoms with E-state index in [9.17, 15) is 4.39 Å². The summed E-state index contributed by atoms with van der Waals surface area (Å²) in [6.45, 7) is 4.70. The van der Waals surface area contributed by atoms with Crippen molar-refractivity contribution >= 4 is 15.9 Å². The van der Waals surface area contributed by atoms with Gasteiger partial charge < -0.3 is 4.74 Å². The molecule has 13 heavy (non-hydrogen) atoms. The van der Waals surface area contributed by atoms with Crippen molar-refractivity contribution in [2.75, 3.05) is 6.61 Å². The van der Waals surface area contributed by atoms with E-state index in [2.05, 4.69) is 15.9 Å². The molecule has 0 N–H and O–H groups in total. The molecule has 3 heteroatoms. The Morgan fingerprint density at radius 2 is 2.15 bits per heavy atom. The molecule has 0 saturated heterocycles. The molecule has 0 aromatic heterocycles. The lowest BCUT2D eigenvalue weighted by molar-refractivity contribution is 0.268. The molecule has 0 unspecified atom stereocenters. The fourth-order valence-electron chi connectivity index (χ4n) is 0.852. The fraction of sp³-hybridized carbons (Fsp3) is 0.400. The van der Waals surface area contributed by atoms with Gasteiger partial charge in [-0.2, -0.15) is 0 Å². The van der Waals surface area contributed by atoms with Gasteiger partial charge in [0.25, 0.3) is 0 Å². The summed E-state index contributed by atoms with van der Waals surface area (Å²) in [5.74, 6) is 0.713. The minimum atomic E-state index is -0.291. The topological polar surface area (TPSA) is 9.23 Å². The van der Waals surface area contributed by atoms with Gasteiger partial charge in [0.05, 0.1) is 11.1 Å². The fourth-order valence-corrected chi connectivity index (χ4v) is 1.23. The third-order valence-corrected chi connectivity index (χ3v) is 2.26. The van der Waals surface area contributed by atoms with Gasteiger partial charge in [-0.05, 0) is 34.0 Å². The van der Waals surface area contributed by atoms with Crippen molar-refractivity contribution in [3.05, 3.63) is 28.5 Å². The molecule has 0 amide bonds. The van der Waals surface area contributed by atoms with Gasteiger partial charge in [0.2, 0.25) is 0 Å². The Morgan fingerprint density at radius 1 is 1.46 bits per heavy atom. The van der Waals surface area contributed by atoms with Gasteiger partial charge in [-0.3, -0.25) is 0 Å². The van der Waals surface area contributed by atoms with Crippen molar-refractivity contribution in [1.82, 2.24) is 0 Å². The van der Waals surface area contributed by atoms with Crippen molar-refractivity contribution in [3.8, 4) is 5.75 Å². The third-order valence-electron chi connectivity index (χ3n) is 1.49. The Kier molecular flexibility index (Phi) is 3.72. The lowest BCUT2D eigenvalue weighted by atomic mass is 10.2. The summed E-state index contributed by atoms with van der Waals surface area (Å²) in [7, 11) is 0. The summed E-state index contributed by atoms with van der Waals surface area (Å²) in [6.07, 6.45) is 0. The van der Waals surface area contributed by atoms with Crippen molar-refractivity contribution in [2.24, 2.45) is 5.92 Å². The summed E-state index contributed by atoms with van der Waals surface area (Å²) in [5, 5.41) is 0. The molecule has 1 rings (SSSR count). The van der Waals surface area contributed by atoms with Crippen LogP contribution in [0.2, 0.25) is 0 Å². The first-order valence-corrected chi connectivity index (χ1v) is 4.97. The average molecular weight is 247 g/mol. The maximum Gasteiger partial charge on any atom is 0.141 e. The van der Waals surface area contributed by atoms with Crippen molar-refractivity contribution < 1.29 is 9.13 Å². The van der Waals surface area contributed by atoms with E-state index in [4.69, 9.17) is 4.74 Å². The van der Waals surface area contributed by atoms with E-state index < -0.39 is 0 Å². The standard InChI is InChI=1S/C10H12BrFO/c1-7(2)6-13-9-5-3-4-8(12)10(9)11/h3-5,7H,6H2,1-2H3. The van der Waals surface area contributed by atoms with Crippen LogP contribution in [0.15, 0.2) is 22.7 Å². The zero-order valence-corrected chi connectivity index (χ0v) is 9.27. The second-order valence-corrected chi connectivity index (χ2v) is 4.05. The Bertz CT molecular complexity index is 286. The zero-order chi connectivity index (χ0) is 9.84. The number of ether oxygens (including phenoxy) is 1. The van der Waals surface area contributed by atoms with Crippen LogP contribution in [-0.2, 0) is 0 Å². The van der Waals surface area contributed by atoms with E-state index in [-0.39, 0.29) is 5.82 Å². The van der Waals surface area contributed by atoms with Crippen molar-refractivity contribution in [3.63, 3.8) is 0 Å². The Morgan fingerprint density at radius 3 is 2.77 bits per heavy atom. The number of benzene rings is 1. The molecule has 0 aliphatic heterocycles. The maximum absolute atomic E-state index is 13.0. The molecular weight excluding hydrogens is 235 g/mol. The Balaban J connectivity index is 2.71. The highest BCUT2D eigenvalue weighted by Crippen LogP contribution is 2.27. The first kappa shape index (κ1) is 10.5. The smallest absolute Gasteiger partial charge is 0.141 e. The molecule has 0 bridgehead atoms. The molecule has 0 aliphatic rings. The van der Waals surface area contributed by atoms with E-state index in [1.807, 2.05) is 13.8 Å². The maximum atomic E-state index is 13.0. The van der Waals surface area contributed by atoms with E-state index in [0.29, 0.717) is 22.7 Å². The number of halogens is 2. The van der Waals surface area contributed by atoms with Crippen molar-refractivity contribution in [1.29, 1.82) is 0 Å². The summed E-state index contributed by atoms with van der Waals surface area (Å²) < 4.78 is 18.8. The predicted molar refractivity (Wildman–Crippen MR) is 54.4 cm³/mol. The molecule has 72 valence electrons. The van der Waals surface area contributed by atoms with Crippen LogP contribution in [0.4, 0.5) is 4.39 Å². The van der Waals surface area contributed by atoms with Crippen LogP contribution in [0.25, 0.3) is 0 Å². The van der Waals surface area contributed by atoms with Gasteiger partial charge >= 0.3 is 0 Å². The first-order valence-electron chi connectivity index (χ1n) is 4.18. The molecule has 0 spiro atoms. The molecule has 0 radical (unpaired) electrons. The minimum Gasteiger partial charge on any atom is -0.492 e. The summed E-state index contributed by atoms with van der Waals surface area (Å²) in [5.41, 5.74) is 0. The highest BCUT2D eigenvalue weighted by atomic mass is 79.9. The van der Waals surface area contributed by atoms with Gasteiger partial charge in [-0.25, -0.2) is 4.39 Å². The highest BCUT2D eigenvalue weighted by Gasteiger charge is 2.06. The zero-order valence-electron chi connectivity index (χ0n) is 7.68. The second-order valence-electron chi connectivity index (χ2n) is 3.26. The quantitative estimate of drug-likeness (QED) is 0.792. The average Bonchev–Trinajstić information content (AvgIpc) is 2.07. The van der Waals surface area contributed by atoms with Gasteiger partial charge in [-0.15, -0.1) is 0 Å². The lowest BCUT2D eigenvalue weighted by Gasteiger charge is -2.10. The molecule has 1 nitrogen and oxygen atoms in total. The van der Waals surface area contributed by atoms with E-state index in [1.54, 1.807) is 12.1 Å². The molecule has 0 fully saturated rings. The molecular formula is C10H12BrFO. The van der Waals surface area contributed by atoms with E-state index in [0.717, 1.165) is 0 Å². The normalized spacial score (nSPS) is 10.5. The highest BCUT2D eigenvalue weighted by molar-refractivity contribution is 9.10. The predicted octanol–water partition coefficient (Wildman–Crippen LogP) is 3.62. The SMILES string of the molecule is CC(C)COc1cccc(F)c1Br. The van der Waals surface area contributed by atoms with Crippen LogP contribution in [-0.4, -0.2) is 6.61 Å². The molecule has 0 heterocycles. The molecule has 1 aromatic rings. The van der Waals surface area contributed by atoms with Crippen LogP contribution in [0.1, 0.15) is 13.8 Å². The van der Waals surface area contributed by atoms with Gasteiger partial charge in [0.1, 0.15) is 11.6 Å². The van der Waals surface area contributed by atoms with Gasteiger partial charge in [0.15, 0.2) is 0 Å².